The maximum atomic E-state index is 13.6. The standard InChI is InChI=1S/C26H17NO7/c1-12(28)25-17-9-4-2-3-5-10-18(31)26(25,34-25)14-11-16(30)20-21(22(14)27-17)24(33)19-13(23(20)32)7-6-8-15(19)29/h2-3,6-8,11-12,17-18,27-31H,1H3/t12-,17+,18-,25+,26+/m1/s1. The molecule has 0 radical (unpaired) electrons. The van der Waals surface area contributed by atoms with Crippen LogP contribution in [0.15, 0.2) is 36.4 Å². The molecule has 4 aliphatic rings. The molecule has 2 bridgehead atoms. The van der Waals surface area contributed by atoms with Crippen molar-refractivity contribution in [2.24, 2.45) is 0 Å². The van der Waals surface area contributed by atoms with Gasteiger partial charge in [-0.05, 0) is 31.2 Å². The van der Waals surface area contributed by atoms with Crippen LogP contribution >= 0.6 is 0 Å². The molecule has 6 rings (SSSR count). The number of rotatable bonds is 1. The fourth-order valence-corrected chi connectivity index (χ4v) is 5.47. The van der Waals surface area contributed by atoms with E-state index in [9.17, 15) is 30.0 Å². The van der Waals surface area contributed by atoms with Crippen molar-refractivity contribution < 1.29 is 34.8 Å². The summed E-state index contributed by atoms with van der Waals surface area (Å²) in [5.41, 5.74) is -3.38. The fourth-order valence-electron chi connectivity index (χ4n) is 5.47. The smallest absolute Gasteiger partial charge is 0.200 e. The Labute approximate surface area is 193 Å². The van der Waals surface area contributed by atoms with Crippen molar-refractivity contribution in [2.75, 3.05) is 5.32 Å². The van der Waals surface area contributed by atoms with Crippen molar-refractivity contribution in [3.63, 3.8) is 0 Å². The number of anilines is 1. The second kappa shape index (κ2) is 6.49. The van der Waals surface area contributed by atoms with Crippen molar-refractivity contribution in [1.29, 1.82) is 0 Å². The highest BCUT2D eigenvalue weighted by atomic mass is 16.7. The van der Waals surface area contributed by atoms with Gasteiger partial charge < -0.3 is 30.5 Å². The molecule has 2 aromatic carbocycles. The van der Waals surface area contributed by atoms with Gasteiger partial charge in [0.25, 0.3) is 0 Å². The highest BCUT2D eigenvalue weighted by Crippen LogP contribution is 2.67. The van der Waals surface area contributed by atoms with Crippen LogP contribution in [0.25, 0.3) is 0 Å². The van der Waals surface area contributed by atoms with Gasteiger partial charge in [-0.25, -0.2) is 0 Å². The third-order valence-corrected chi connectivity index (χ3v) is 6.96. The summed E-state index contributed by atoms with van der Waals surface area (Å²) in [6.07, 6.45) is 0.361. The van der Waals surface area contributed by atoms with Crippen LogP contribution in [0, 0.1) is 23.7 Å². The van der Waals surface area contributed by atoms with Gasteiger partial charge in [0.15, 0.2) is 28.9 Å². The van der Waals surface area contributed by atoms with Crippen LogP contribution in [0.4, 0.5) is 5.69 Å². The lowest BCUT2D eigenvalue weighted by Gasteiger charge is -2.37. The number of carbonyl (C=O) groups excluding carboxylic acids is 2. The first kappa shape index (κ1) is 20.5. The Kier molecular flexibility index (Phi) is 3.92. The number of aliphatic hydroxyl groups is 2. The minimum Gasteiger partial charge on any atom is -0.507 e. The van der Waals surface area contributed by atoms with Crippen LogP contribution in [-0.2, 0) is 10.3 Å². The first-order chi connectivity index (χ1) is 16.3. The summed E-state index contributed by atoms with van der Waals surface area (Å²) in [7, 11) is 0. The fraction of sp³-hybridized carbons (Fsp3) is 0.231. The van der Waals surface area contributed by atoms with E-state index in [0.717, 1.165) is 0 Å². The van der Waals surface area contributed by atoms with E-state index in [-0.39, 0.29) is 39.3 Å². The Bertz CT molecular complexity index is 1500. The predicted molar refractivity (Wildman–Crippen MR) is 118 cm³/mol. The quantitative estimate of drug-likeness (QED) is 0.208. The number of phenolic OH excluding ortho intramolecular Hbond substituents is 2. The Morgan fingerprint density at radius 2 is 1.76 bits per heavy atom. The van der Waals surface area contributed by atoms with E-state index in [1.807, 2.05) is 0 Å². The third-order valence-electron chi connectivity index (χ3n) is 6.96. The molecular formula is C26H17NO7. The van der Waals surface area contributed by atoms with Gasteiger partial charge in [-0.3, -0.25) is 9.59 Å². The van der Waals surface area contributed by atoms with Crippen LogP contribution in [0.1, 0.15) is 44.3 Å². The molecule has 0 amide bonds. The Balaban J connectivity index is 1.70. The largest absolute Gasteiger partial charge is 0.507 e. The van der Waals surface area contributed by atoms with E-state index >= 15 is 0 Å². The summed E-state index contributed by atoms with van der Waals surface area (Å²) in [5, 5.41) is 46.3. The average molecular weight is 455 g/mol. The van der Waals surface area contributed by atoms with E-state index < -0.39 is 46.8 Å². The van der Waals surface area contributed by atoms with Crippen molar-refractivity contribution in [3.05, 3.63) is 64.2 Å². The topological polar surface area (TPSA) is 140 Å². The molecule has 34 heavy (non-hydrogen) atoms. The van der Waals surface area contributed by atoms with E-state index in [0.29, 0.717) is 0 Å². The predicted octanol–water partition coefficient (Wildman–Crippen LogP) is 0.950. The molecule has 0 saturated carbocycles. The lowest BCUT2D eigenvalue weighted by Crippen LogP contribution is -2.54. The number of hydrogen-bond acceptors (Lipinski definition) is 8. The summed E-state index contributed by atoms with van der Waals surface area (Å²) in [6, 6.07) is 4.49. The van der Waals surface area contributed by atoms with Gasteiger partial charge in [-0.2, -0.15) is 0 Å². The van der Waals surface area contributed by atoms with Crippen LogP contribution in [0.3, 0.4) is 0 Å². The number of ketones is 2. The number of aromatic hydroxyl groups is 2. The summed E-state index contributed by atoms with van der Waals surface area (Å²) in [5.74, 6) is 8.94. The number of carbonyl (C=O) groups is 2. The second-order valence-corrected chi connectivity index (χ2v) is 8.62. The van der Waals surface area contributed by atoms with Crippen LogP contribution in [0.2, 0.25) is 0 Å². The van der Waals surface area contributed by atoms with Gasteiger partial charge in [-0.1, -0.05) is 35.8 Å². The number of aliphatic hydroxyl groups excluding tert-OH is 2. The van der Waals surface area contributed by atoms with Gasteiger partial charge in [0, 0.05) is 11.1 Å². The molecule has 2 aliphatic heterocycles. The highest BCUT2D eigenvalue weighted by Gasteiger charge is 2.82. The van der Waals surface area contributed by atoms with Crippen molar-refractivity contribution in [3.8, 4) is 35.2 Å². The normalized spacial score (nSPS) is 30.1. The Morgan fingerprint density at radius 3 is 2.50 bits per heavy atom. The zero-order valence-electron chi connectivity index (χ0n) is 17.7. The van der Waals surface area contributed by atoms with Crippen molar-refractivity contribution in [1.82, 2.24) is 0 Å². The van der Waals surface area contributed by atoms with E-state index in [1.165, 1.54) is 43.3 Å². The number of nitrogens with one attached hydrogen (secondary N) is 1. The molecule has 168 valence electrons. The minimum atomic E-state index is -1.63. The molecule has 1 fully saturated rings. The first-order valence-corrected chi connectivity index (χ1v) is 10.6. The second-order valence-electron chi connectivity index (χ2n) is 8.62. The number of ether oxygens (including phenoxy) is 1. The maximum absolute atomic E-state index is 13.6. The molecule has 2 aromatic rings. The van der Waals surface area contributed by atoms with Gasteiger partial charge >= 0.3 is 0 Å². The van der Waals surface area contributed by atoms with E-state index in [1.54, 1.807) is 0 Å². The van der Waals surface area contributed by atoms with E-state index in [4.69, 9.17) is 4.74 Å². The number of epoxide rings is 1. The van der Waals surface area contributed by atoms with Crippen molar-refractivity contribution >= 4 is 17.3 Å². The number of phenols is 2. The minimum absolute atomic E-state index is 0.0268. The van der Waals surface area contributed by atoms with Crippen LogP contribution in [0.5, 0.6) is 11.5 Å². The molecular weight excluding hydrogens is 438 g/mol. The molecule has 5 N–H and O–H groups in total. The number of fused-ring (bicyclic) bond motifs is 4. The first-order valence-electron chi connectivity index (χ1n) is 10.6. The molecule has 2 aliphatic carbocycles. The number of hydrogen-bond donors (Lipinski definition) is 5. The van der Waals surface area contributed by atoms with Gasteiger partial charge in [-0.15, -0.1) is 0 Å². The summed E-state index contributed by atoms with van der Waals surface area (Å²) >= 11 is 0. The monoisotopic (exact) mass is 455 g/mol. The summed E-state index contributed by atoms with van der Waals surface area (Å²) in [6.45, 7) is 1.49. The summed E-state index contributed by atoms with van der Waals surface area (Å²) in [4.78, 5) is 26.9. The molecule has 2 heterocycles. The Morgan fingerprint density at radius 1 is 1.03 bits per heavy atom. The lowest BCUT2D eigenvalue weighted by molar-refractivity contribution is 0.0867. The van der Waals surface area contributed by atoms with E-state index in [2.05, 4.69) is 29.0 Å². The molecule has 0 spiro atoms. The van der Waals surface area contributed by atoms with Gasteiger partial charge in [0.05, 0.1) is 28.5 Å². The zero-order valence-corrected chi connectivity index (χ0v) is 17.7. The molecule has 0 aromatic heterocycles. The zero-order chi connectivity index (χ0) is 24.0. The van der Waals surface area contributed by atoms with Crippen LogP contribution in [-0.4, -0.2) is 55.8 Å². The highest BCUT2D eigenvalue weighted by molar-refractivity contribution is 6.32. The molecule has 8 nitrogen and oxygen atoms in total. The SMILES string of the molecule is C[C@@H](O)[C@@]12O[C@]13c1cc(O)c4c(c1N[C@H]2C#CC=CC#C[C@H]3O)C(=O)c1c(O)cccc1C4=O. The summed E-state index contributed by atoms with van der Waals surface area (Å²) < 4.78 is 6.10. The third kappa shape index (κ3) is 2.20. The number of allylic oxidation sites excluding steroid dienone is 2. The van der Waals surface area contributed by atoms with Gasteiger partial charge in [0.2, 0.25) is 0 Å². The van der Waals surface area contributed by atoms with Crippen LogP contribution < -0.4 is 5.32 Å². The molecule has 1 saturated heterocycles. The Hall–Kier alpha value is -4.08. The molecule has 8 heteroatoms. The number of benzene rings is 2. The average Bonchev–Trinajstić information content (AvgIpc) is 3.53. The molecule has 5 atom stereocenters. The van der Waals surface area contributed by atoms with Crippen molar-refractivity contribution in [2.45, 2.75) is 36.4 Å². The maximum Gasteiger partial charge on any atom is 0.200 e. The lowest BCUT2D eigenvalue weighted by atomic mass is 9.69. The van der Waals surface area contributed by atoms with Gasteiger partial charge in [0.1, 0.15) is 17.5 Å². The molecule has 0 unspecified atom stereocenters.